The molecule has 0 spiro atoms. The second-order valence-corrected chi connectivity index (χ2v) is 5.93. The Morgan fingerprint density at radius 2 is 1.68 bits per heavy atom. The molecule has 3 heteroatoms. The average molecular weight is 319 g/mol. The van der Waals surface area contributed by atoms with Gasteiger partial charge >= 0.3 is 0 Å². The third kappa shape index (κ3) is 5.36. The Bertz CT molecular complexity index is 549. The van der Waals surface area contributed by atoms with E-state index < -0.39 is 0 Å². The van der Waals surface area contributed by atoms with Crippen LogP contribution in [-0.4, -0.2) is 5.11 Å². The average Bonchev–Trinajstić information content (AvgIpc) is 2.55. The molecule has 0 saturated carbocycles. The van der Waals surface area contributed by atoms with Crippen molar-refractivity contribution in [1.82, 2.24) is 0 Å². The lowest BCUT2D eigenvalue weighted by Gasteiger charge is -2.12. The Morgan fingerprint density at radius 3 is 2.32 bits per heavy atom. The van der Waals surface area contributed by atoms with E-state index in [0.717, 1.165) is 34.7 Å². The van der Waals surface area contributed by atoms with Crippen LogP contribution < -0.4 is 4.74 Å². The Hall–Kier alpha value is -1.51. The van der Waals surface area contributed by atoms with Gasteiger partial charge in [-0.25, -0.2) is 0 Å². The van der Waals surface area contributed by atoms with Crippen LogP contribution in [0.1, 0.15) is 49.8 Å². The summed E-state index contributed by atoms with van der Waals surface area (Å²) in [5.41, 5.74) is 2.03. The van der Waals surface area contributed by atoms with Gasteiger partial charge in [0, 0.05) is 5.02 Å². The molecule has 0 fully saturated rings. The van der Waals surface area contributed by atoms with Gasteiger partial charge in [-0.2, -0.15) is 0 Å². The van der Waals surface area contributed by atoms with E-state index in [4.69, 9.17) is 16.3 Å². The predicted molar refractivity (Wildman–Crippen MR) is 91.3 cm³/mol. The molecule has 0 bridgehead atoms. The zero-order valence-electron chi connectivity index (χ0n) is 13.0. The van der Waals surface area contributed by atoms with E-state index in [-0.39, 0.29) is 6.10 Å². The van der Waals surface area contributed by atoms with E-state index in [2.05, 4.69) is 6.92 Å². The van der Waals surface area contributed by atoms with E-state index >= 15 is 0 Å². The monoisotopic (exact) mass is 318 g/mol. The molecule has 1 atom stereocenters. The highest BCUT2D eigenvalue weighted by molar-refractivity contribution is 6.30. The number of unbranched alkanes of at least 4 members (excludes halogenated alkanes) is 2. The second-order valence-electron chi connectivity index (χ2n) is 5.50. The molecule has 2 aromatic carbocycles. The van der Waals surface area contributed by atoms with Crippen LogP contribution in [0.25, 0.3) is 0 Å². The summed E-state index contributed by atoms with van der Waals surface area (Å²) >= 11 is 5.86. The first-order valence-corrected chi connectivity index (χ1v) is 8.22. The normalized spacial score (nSPS) is 12.1. The lowest BCUT2D eigenvalue weighted by molar-refractivity contribution is 0.163. The van der Waals surface area contributed by atoms with E-state index in [1.54, 1.807) is 0 Å². The van der Waals surface area contributed by atoms with Gasteiger partial charge in [-0.15, -0.1) is 0 Å². The van der Waals surface area contributed by atoms with Crippen LogP contribution >= 0.6 is 11.6 Å². The number of ether oxygens (including phenoxy) is 1. The van der Waals surface area contributed by atoms with Crippen LogP contribution in [-0.2, 0) is 6.61 Å². The highest BCUT2D eigenvalue weighted by Crippen LogP contribution is 2.23. The fourth-order valence-corrected chi connectivity index (χ4v) is 2.41. The van der Waals surface area contributed by atoms with Gasteiger partial charge in [-0.1, -0.05) is 62.1 Å². The maximum atomic E-state index is 10.1. The Balaban J connectivity index is 1.84. The lowest BCUT2D eigenvalue weighted by Crippen LogP contribution is -1.98. The summed E-state index contributed by atoms with van der Waals surface area (Å²) in [5, 5.41) is 10.8. The van der Waals surface area contributed by atoms with Crippen molar-refractivity contribution < 1.29 is 9.84 Å². The quantitative estimate of drug-likeness (QED) is 0.648. The molecule has 22 heavy (non-hydrogen) atoms. The maximum absolute atomic E-state index is 10.1. The molecule has 0 heterocycles. The molecule has 0 radical (unpaired) electrons. The predicted octanol–water partition coefficient (Wildman–Crippen LogP) is 5.53. The lowest BCUT2D eigenvalue weighted by atomic mass is 10.0. The SMILES string of the molecule is CCCCCC(O)c1ccc(OCc2ccc(Cl)cc2)cc1. The van der Waals surface area contributed by atoms with Gasteiger partial charge in [0.05, 0.1) is 6.10 Å². The third-order valence-electron chi connectivity index (χ3n) is 3.66. The summed E-state index contributed by atoms with van der Waals surface area (Å²) in [4.78, 5) is 0. The fourth-order valence-electron chi connectivity index (χ4n) is 2.29. The number of hydrogen-bond acceptors (Lipinski definition) is 2. The van der Waals surface area contributed by atoms with E-state index in [1.807, 2.05) is 48.5 Å². The minimum Gasteiger partial charge on any atom is -0.489 e. The molecule has 2 rings (SSSR count). The third-order valence-corrected chi connectivity index (χ3v) is 3.92. The first-order valence-electron chi connectivity index (χ1n) is 7.84. The Labute approximate surface area is 137 Å². The number of benzene rings is 2. The Morgan fingerprint density at radius 1 is 1.00 bits per heavy atom. The minimum absolute atomic E-state index is 0.378. The molecular formula is C19H23ClO2. The summed E-state index contributed by atoms with van der Waals surface area (Å²) in [6, 6.07) is 15.3. The summed E-state index contributed by atoms with van der Waals surface area (Å²) in [6.07, 6.45) is 3.84. The van der Waals surface area contributed by atoms with E-state index in [9.17, 15) is 5.11 Å². The van der Waals surface area contributed by atoms with Gasteiger partial charge in [0.25, 0.3) is 0 Å². The maximum Gasteiger partial charge on any atom is 0.119 e. The number of halogens is 1. The van der Waals surface area contributed by atoms with Crippen molar-refractivity contribution in [3.63, 3.8) is 0 Å². The molecule has 1 N–H and O–H groups in total. The topological polar surface area (TPSA) is 29.5 Å². The van der Waals surface area contributed by atoms with Crippen molar-refractivity contribution in [2.24, 2.45) is 0 Å². The van der Waals surface area contributed by atoms with Gasteiger partial charge in [-0.05, 0) is 41.8 Å². The van der Waals surface area contributed by atoms with Gasteiger partial charge in [0.2, 0.25) is 0 Å². The van der Waals surface area contributed by atoms with Gasteiger partial charge in [0.1, 0.15) is 12.4 Å². The molecule has 0 aliphatic heterocycles. The summed E-state index contributed by atoms with van der Waals surface area (Å²) in [6.45, 7) is 2.68. The summed E-state index contributed by atoms with van der Waals surface area (Å²) in [7, 11) is 0. The van der Waals surface area contributed by atoms with Crippen molar-refractivity contribution in [1.29, 1.82) is 0 Å². The van der Waals surface area contributed by atoms with Gasteiger partial charge in [-0.3, -0.25) is 0 Å². The van der Waals surface area contributed by atoms with Crippen molar-refractivity contribution in [2.75, 3.05) is 0 Å². The highest BCUT2D eigenvalue weighted by Gasteiger charge is 2.07. The number of aliphatic hydroxyl groups is 1. The fraction of sp³-hybridized carbons (Fsp3) is 0.368. The largest absolute Gasteiger partial charge is 0.489 e. The van der Waals surface area contributed by atoms with Crippen LogP contribution in [0.15, 0.2) is 48.5 Å². The second kappa shape index (κ2) is 8.82. The molecule has 0 aromatic heterocycles. The van der Waals surface area contributed by atoms with Crippen LogP contribution in [0.3, 0.4) is 0 Å². The zero-order chi connectivity index (χ0) is 15.8. The Kier molecular flexibility index (Phi) is 6.75. The molecule has 2 nitrogen and oxygen atoms in total. The van der Waals surface area contributed by atoms with Crippen LogP contribution in [0.4, 0.5) is 0 Å². The first-order chi connectivity index (χ1) is 10.7. The first kappa shape index (κ1) is 16.9. The zero-order valence-corrected chi connectivity index (χ0v) is 13.7. The molecule has 0 aliphatic rings. The molecule has 2 aromatic rings. The molecule has 0 saturated heterocycles. The van der Waals surface area contributed by atoms with Crippen molar-refractivity contribution in [2.45, 2.75) is 45.3 Å². The number of aliphatic hydroxyl groups excluding tert-OH is 1. The minimum atomic E-state index is -0.378. The van der Waals surface area contributed by atoms with Gasteiger partial charge < -0.3 is 9.84 Å². The van der Waals surface area contributed by atoms with Crippen LogP contribution in [0.5, 0.6) is 5.75 Å². The van der Waals surface area contributed by atoms with E-state index in [1.165, 1.54) is 12.8 Å². The van der Waals surface area contributed by atoms with Crippen molar-refractivity contribution >= 4 is 11.6 Å². The van der Waals surface area contributed by atoms with Crippen LogP contribution in [0, 0.1) is 0 Å². The molecule has 0 aliphatic carbocycles. The van der Waals surface area contributed by atoms with Crippen molar-refractivity contribution in [3.8, 4) is 5.75 Å². The number of rotatable bonds is 8. The van der Waals surface area contributed by atoms with E-state index in [0.29, 0.717) is 6.61 Å². The molecule has 1 unspecified atom stereocenters. The summed E-state index contributed by atoms with van der Waals surface area (Å²) < 4.78 is 5.74. The molecule has 118 valence electrons. The van der Waals surface area contributed by atoms with Gasteiger partial charge in [0.15, 0.2) is 0 Å². The standard InChI is InChI=1S/C19H23ClO2/c1-2-3-4-5-19(21)16-8-12-18(13-9-16)22-14-15-6-10-17(20)11-7-15/h6-13,19,21H,2-5,14H2,1H3. The van der Waals surface area contributed by atoms with Crippen molar-refractivity contribution in [3.05, 3.63) is 64.7 Å². The molecular weight excluding hydrogens is 296 g/mol. The van der Waals surface area contributed by atoms with Crippen LogP contribution in [0.2, 0.25) is 5.02 Å². The highest BCUT2D eigenvalue weighted by atomic mass is 35.5. The summed E-state index contributed by atoms with van der Waals surface area (Å²) in [5.74, 6) is 0.805. The smallest absolute Gasteiger partial charge is 0.119 e. The number of hydrogen-bond donors (Lipinski definition) is 1. The molecule has 0 amide bonds.